The highest BCUT2D eigenvalue weighted by molar-refractivity contribution is 7.11. The number of hydrogen-bond donors (Lipinski definition) is 2. The highest BCUT2D eigenvalue weighted by atomic mass is 32.1. The van der Waals surface area contributed by atoms with Crippen LogP contribution in [0.2, 0.25) is 0 Å². The first-order chi connectivity index (χ1) is 13.4. The van der Waals surface area contributed by atoms with E-state index in [0.717, 1.165) is 5.56 Å². The maximum absolute atomic E-state index is 12.6. The van der Waals surface area contributed by atoms with Gasteiger partial charge < -0.3 is 10.1 Å². The van der Waals surface area contributed by atoms with Crippen molar-refractivity contribution in [3.8, 4) is 0 Å². The van der Waals surface area contributed by atoms with Crippen LogP contribution in [0.25, 0.3) is 0 Å². The largest absolute Gasteiger partial charge is 0.451 e. The standard InChI is InChI=1S/C19H19N3O5S/c1-19(10-9-13-6-3-2-4-7-13)17(25)22(18(26)20-19)21-15(23)12-27-16(24)14-8-5-11-28-14/h2-8,11H,9-10,12H2,1H3,(H,20,26)(H,21,23)/t19-/m0/s1. The molecule has 2 heterocycles. The number of nitrogens with zero attached hydrogens (tertiary/aromatic N) is 1. The fourth-order valence-corrected chi connectivity index (χ4v) is 3.36. The molecule has 1 aliphatic heterocycles. The first kappa shape index (κ1) is 19.6. The summed E-state index contributed by atoms with van der Waals surface area (Å²) in [4.78, 5) is 48.9. The van der Waals surface area contributed by atoms with Gasteiger partial charge in [0, 0.05) is 0 Å². The molecule has 146 valence electrons. The van der Waals surface area contributed by atoms with Crippen LogP contribution < -0.4 is 10.7 Å². The molecule has 1 aromatic heterocycles. The van der Waals surface area contributed by atoms with Gasteiger partial charge in [-0.2, -0.15) is 5.01 Å². The van der Waals surface area contributed by atoms with E-state index in [1.54, 1.807) is 24.4 Å². The average Bonchev–Trinajstić information content (AvgIpc) is 3.29. The zero-order valence-corrected chi connectivity index (χ0v) is 16.0. The Kier molecular flexibility index (Phi) is 5.74. The van der Waals surface area contributed by atoms with E-state index in [-0.39, 0.29) is 0 Å². The van der Waals surface area contributed by atoms with E-state index in [1.165, 1.54) is 11.3 Å². The zero-order chi connectivity index (χ0) is 20.1. The Labute approximate surface area is 165 Å². The minimum Gasteiger partial charge on any atom is -0.451 e. The molecule has 8 nitrogen and oxygen atoms in total. The molecule has 1 fully saturated rings. The lowest BCUT2D eigenvalue weighted by Gasteiger charge is -2.21. The minimum absolute atomic E-state index is 0.358. The quantitative estimate of drug-likeness (QED) is 0.544. The van der Waals surface area contributed by atoms with Crippen LogP contribution >= 0.6 is 11.3 Å². The average molecular weight is 401 g/mol. The van der Waals surface area contributed by atoms with Crippen LogP contribution in [0.4, 0.5) is 4.79 Å². The number of rotatable bonds is 7. The monoisotopic (exact) mass is 401 g/mol. The lowest BCUT2D eigenvalue weighted by Crippen LogP contribution is -2.50. The van der Waals surface area contributed by atoms with Crippen LogP contribution in [0.3, 0.4) is 0 Å². The molecule has 1 aliphatic rings. The van der Waals surface area contributed by atoms with Gasteiger partial charge in [-0.3, -0.25) is 15.0 Å². The predicted molar refractivity (Wildman–Crippen MR) is 101 cm³/mol. The second-order valence-corrected chi connectivity index (χ2v) is 7.42. The van der Waals surface area contributed by atoms with Crippen LogP contribution in [-0.2, 0) is 20.7 Å². The van der Waals surface area contributed by atoms with Crippen LogP contribution in [0.15, 0.2) is 47.8 Å². The number of hydrogen-bond acceptors (Lipinski definition) is 6. The number of amides is 4. The summed E-state index contributed by atoms with van der Waals surface area (Å²) in [5.74, 6) is -1.98. The minimum atomic E-state index is -1.13. The maximum Gasteiger partial charge on any atom is 0.348 e. The summed E-state index contributed by atoms with van der Waals surface area (Å²) < 4.78 is 4.88. The second-order valence-electron chi connectivity index (χ2n) is 6.48. The summed E-state index contributed by atoms with van der Waals surface area (Å²) in [6, 6.07) is 12.1. The highest BCUT2D eigenvalue weighted by Crippen LogP contribution is 2.22. The molecule has 1 atom stereocenters. The van der Waals surface area contributed by atoms with Crippen LogP contribution in [0.1, 0.15) is 28.6 Å². The summed E-state index contributed by atoms with van der Waals surface area (Å²) in [5.41, 5.74) is 2.10. The van der Waals surface area contributed by atoms with Crippen molar-refractivity contribution >= 4 is 35.2 Å². The first-order valence-electron chi connectivity index (χ1n) is 8.60. The van der Waals surface area contributed by atoms with Gasteiger partial charge in [-0.05, 0) is 36.8 Å². The number of hydrazine groups is 1. The third kappa shape index (κ3) is 4.37. The van der Waals surface area contributed by atoms with E-state index in [9.17, 15) is 19.2 Å². The van der Waals surface area contributed by atoms with Crippen molar-refractivity contribution in [1.82, 2.24) is 15.8 Å². The van der Waals surface area contributed by atoms with Crippen molar-refractivity contribution in [2.45, 2.75) is 25.3 Å². The van der Waals surface area contributed by atoms with Gasteiger partial charge in [0.2, 0.25) is 0 Å². The number of benzene rings is 1. The summed E-state index contributed by atoms with van der Waals surface area (Å²) >= 11 is 1.18. The summed E-state index contributed by atoms with van der Waals surface area (Å²) in [7, 11) is 0. The molecule has 0 radical (unpaired) electrons. The molecule has 0 saturated carbocycles. The van der Waals surface area contributed by atoms with E-state index in [2.05, 4.69) is 10.7 Å². The number of esters is 1. The maximum atomic E-state index is 12.6. The molecule has 2 N–H and O–H groups in total. The number of aryl methyl sites for hydroxylation is 1. The van der Waals surface area contributed by atoms with E-state index in [1.807, 2.05) is 30.3 Å². The summed E-state index contributed by atoms with van der Waals surface area (Å²) in [5, 5.41) is 4.95. The Hall–Kier alpha value is -3.20. The number of ether oxygens (including phenoxy) is 1. The van der Waals surface area contributed by atoms with Gasteiger partial charge in [-0.25, -0.2) is 9.59 Å². The Bertz CT molecular complexity index is 884. The third-order valence-electron chi connectivity index (χ3n) is 4.31. The van der Waals surface area contributed by atoms with Crippen LogP contribution in [-0.4, -0.2) is 41.0 Å². The van der Waals surface area contributed by atoms with Crippen LogP contribution in [0.5, 0.6) is 0 Å². The molecule has 3 rings (SSSR count). The SMILES string of the molecule is C[C@@]1(CCc2ccccc2)NC(=O)N(NC(=O)COC(=O)c2cccs2)C1=O. The number of imide groups is 1. The molecule has 1 saturated heterocycles. The topological polar surface area (TPSA) is 105 Å². The number of nitrogens with one attached hydrogen (secondary N) is 2. The van der Waals surface area contributed by atoms with Gasteiger partial charge in [-0.1, -0.05) is 36.4 Å². The van der Waals surface area contributed by atoms with Gasteiger partial charge in [0.05, 0.1) is 0 Å². The molecule has 0 aliphatic carbocycles. The fraction of sp³-hybridized carbons (Fsp3) is 0.263. The molecule has 4 amide bonds. The zero-order valence-electron chi connectivity index (χ0n) is 15.1. The summed E-state index contributed by atoms with van der Waals surface area (Å²) in [6.07, 6.45) is 0.963. The highest BCUT2D eigenvalue weighted by Gasteiger charge is 2.48. The van der Waals surface area contributed by atoms with Crippen molar-refractivity contribution in [2.75, 3.05) is 6.61 Å². The van der Waals surface area contributed by atoms with Gasteiger partial charge in [0.25, 0.3) is 11.8 Å². The normalized spacial score (nSPS) is 18.7. The lowest BCUT2D eigenvalue weighted by atomic mass is 9.93. The molecule has 1 aromatic carbocycles. The Balaban J connectivity index is 1.54. The van der Waals surface area contributed by atoms with Gasteiger partial charge in [0.15, 0.2) is 6.61 Å². The Morgan fingerprint density at radius 2 is 1.93 bits per heavy atom. The molecule has 0 spiro atoms. The molecule has 0 bridgehead atoms. The molecular formula is C19H19N3O5S. The molecule has 9 heteroatoms. The van der Waals surface area contributed by atoms with Crippen molar-refractivity contribution in [3.63, 3.8) is 0 Å². The first-order valence-corrected chi connectivity index (χ1v) is 9.48. The molecular weight excluding hydrogens is 382 g/mol. The molecule has 2 aromatic rings. The molecule has 0 unspecified atom stereocenters. The fourth-order valence-electron chi connectivity index (χ4n) is 2.75. The summed E-state index contributed by atoms with van der Waals surface area (Å²) in [6.45, 7) is 1.01. The lowest BCUT2D eigenvalue weighted by molar-refractivity contribution is -0.140. The number of thiophene rings is 1. The van der Waals surface area contributed by atoms with Gasteiger partial charge in [-0.15, -0.1) is 11.3 Å². The second kappa shape index (κ2) is 8.22. The predicted octanol–water partition coefficient (Wildman–Crippen LogP) is 1.88. The number of carbonyl (C=O) groups excluding carboxylic acids is 4. The van der Waals surface area contributed by atoms with Crippen molar-refractivity contribution < 1.29 is 23.9 Å². The van der Waals surface area contributed by atoms with Crippen molar-refractivity contribution in [1.29, 1.82) is 0 Å². The van der Waals surface area contributed by atoms with E-state index in [0.29, 0.717) is 22.7 Å². The Morgan fingerprint density at radius 3 is 2.61 bits per heavy atom. The Morgan fingerprint density at radius 1 is 1.18 bits per heavy atom. The van der Waals surface area contributed by atoms with E-state index < -0.39 is 36.0 Å². The van der Waals surface area contributed by atoms with Crippen molar-refractivity contribution in [3.05, 3.63) is 58.3 Å². The van der Waals surface area contributed by atoms with E-state index in [4.69, 9.17) is 4.74 Å². The van der Waals surface area contributed by atoms with E-state index >= 15 is 0 Å². The number of carbonyl (C=O) groups is 4. The van der Waals surface area contributed by atoms with Crippen LogP contribution in [0, 0.1) is 0 Å². The van der Waals surface area contributed by atoms with Gasteiger partial charge >= 0.3 is 12.0 Å². The number of urea groups is 1. The van der Waals surface area contributed by atoms with Crippen molar-refractivity contribution in [2.24, 2.45) is 0 Å². The third-order valence-corrected chi connectivity index (χ3v) is 5.16. The van der Waals surface area contributed by atoms with Gasteiger partial charge in [0.1, 0.15) is 10.4 Å². The molecule has 28 heavy (non-hydrogen) atoms. The smallest absolute Gasteiger partial charge is 0.348 e.